The monoisotopic (exact) mass is 484 g/mol. The second-order valence-electron chi connectivity index (χ2n) is 8.37. The first-order valence-electron chi connectivity index (χ1n) is 11.2. The average Bonchev–Trinajstić information content (AvgIpc) is 3.18. The number of halogens is 1. The number of aromatic nitrogens is 3. The Bertz CT molecular complexity index is 1110. The van der Waals surface area contributed by atoms with Crippen LogP contribution in [0.5, 0.6) is 0 Å². The van der Waals surface area contributed by atoms with E-state index in [0.29, 0.717) is 28.2 Å². The molecular weight excluding hydrogens is 456 g/mol. The van der Waals surface area contributed by atoms with Crippen LogP contribution >= 0.6 is 23.8 Å². The lowest BCUT2D eigenvalue weighted by molar-refractivity contribution is -0.121. The molecule has 0 saturated carbocycles. The van der Waals surface area contributed by atoms with Crippen LogP contribution in [0.3, 0.4) is 0 Å². The molecule has 3 aromatic rings. The van der Waals surface area contributed by atoms with Gasteiger partial charge in [-0.2, -0.15) is 5.10 Å². The third kappa shape index (κ3) is 6.09. The van der Waals surface area contributed by atoms with Crippen molar-refractivity contribution < 1.29 is 4.79 Å². The quantitative estimate of drug-likeness (QED) is 0.376. The van der Waals surface area contributed by atoms with E-state index in [2.05, 4.69) is 62.7 Å². The number of likely N-dealkylation sites (N-methyl/N-ethyl adjacent to an activating group) is 1. The number of carbonyl (C=O) groups is 1. The molecule has 1 atom stereocenters. The van der Waals surface area contributed by atoms with Gasteiger partial charge in [0.25, 0.3) is 0 Å². The molecule has 2 heterocycles. The minimum Gasteiger partial charge on any atom is -0.355 e. The van der Waals surface area contributed by atoms with Crippen LogP contribution in [0, 0.1) is 4.77 Å². The lowest BCUT2D eigenvalue weighted by Crippen LogP contribution is -2.47. The van der Waals surface area contributed by atoms with Crippen molar-refractivity contribution >= 4 is 29.7 Å². The first kappa shape index (κ1) is 23.6. The lowest BCUT2D eigenvalue weighted by Gasteiger charge is -2.40. The number of H-pyrrole nitrogens is 1. The van der Waals surface area contributed by atoms with Crippen LogP contribution in [0.4, 0.5) is 0 Å². The maximum atomic E-state index is 12.6. The predicted molar refractivity (Wildman–Crippen MR) is 134 cm³/mol. The zero-order valence-electron chi connectivity index (χ0n) is 18.7. The Labute approximate surface area is 204 Å². The van der Waals surface area contributed by atoms with Gasteiger partial charge in [0.05, 0.1) is 0 Å². The number of carbonyl (C=O) groups excluding carboxylic acids is 1. The van der Waals surface area contributed by atoms with Crippen molar-refractivity contribution in [2.24, 2.45) is 0 Å². The number of aromatic amines is 1. The summed E-state index contributed by atoms with van der Waals surface area (Å²) in [6, 6.07) is 18.3. The van der Waals surface area contributed by atoms with E-state index in [1.165, 1.54) is 5.56 Å². The maximum Gasteiger partial charge on any atom is 0.240 e. The SMILES string of the molecule is CN1CCN(CCCNC(=O)Cn2c(-c3ccc(Cl)cc3)n[nH]c2=S)C(c2ccccc2)C1. The van der Waals surface area contributed by atoms with Gasteiger partial charge in [0.15, 0.2) is 10.6 Å². The van der Waals surface area contributed by atoms with Gasteiger partial charge in [0.2, 0.25) is 5.91 Å². The van der Waals surface area contributed by atoms with Gasteiger partial charge in [-0.3, -0.25) is 19.4 Å². The lowest BCUT2D eigenvalue weighted by atomic mass is 10.0. The van der Waals surface area contributed by atoms with Crippen molar-refractivity contribution in [3.8, 4) is 11.4 Å². The van der Waals surface area contributed by atoms with E-state index in [-0.39, 0.29) is 12.5 Å². The minimum absolute atomic E-state index is 0.0827. The predicted octanol–water partition coefficient (Wildman–Crippen LogP) is 3.76. The molecule has 0 bridgehead atoms. The summed E-state index contributed by atoms with van der Waals surface area (Å²) in [5.74, 6) is 0.538. The van der Waals surface area contributed by atoms with Crippen LogP contribution in [0.2, 0.25) is 5.02 Å². The van der Waals surface area contributed by atoms with Crippen LogP contribution in [0.1, 0.15) is 18.0 Å². The Hall–Kier alpha value is -2.52. The molecule has 2 N–H and O–H groups in total. The van der Waals surface area contributed by atoms with E-state index in [1.54, 1.807) is 16.7 Å². The molecule has 33 heavy (non-hydrogen) atoms. The molecule has 1 unspecified atom stereocenters. The Balaban J connectivity index is 1.30. The molecule has 174 valence electrons. The summed E-state index contributed by atoms with van der Waals surface area (Å²) in [4.78, 5) is 17.5. The molecule has 4 rings (SSSR count). The number of rotatable bonds is 8. The second-order valence-corrected chi connectivity index (χ2v) is 9.20. The third-order valence-corrected chi connectivity index (χ3v) is 6.55. The number of amides is 1. The average molecular weight is 485 g/mol. The molecule has 2 aromatic carbocycles. The highest BCUT2D eigenvalue weighted by Crippen LogP contribution is 2.24. The van der Waals surface area contributed by atoms with Crippen LogP contribution in [-0.4, -0.2) is 70.2 Å². The van der Waals surface area contributed by atoms with Crippen molar-refractivity contribution in [1.29, 1.82) is 0 Å². The molecular formula is C24H29ClN6OS. The molecule has 1 amide bonds. The van der Waals surface area contributed by atoms with Gasteiger partial charge < -0.3 is 10.2 Å². The van der Waals surface area contributed by atoms with Crippen molar-refractivity contribution in [3.63, 3.8) is 0 Å². The van der Waals surface area contributed by atoms with Crippen molar-refractivity contribution in [3.05, 3.63) is 70.0 Å². The van der Waals surface area contributed by atoms with Crippen LogP contribution in [0.25, 0.3) is 11.4 Å². The van der Waals surface area contributed by atoms with Gasteiger partial charge in [-0.1, -0.05) is 41.9 Å². The summed E-state index contributed by atoms with van der Waals surface area (Å²) in [5, 5.41) is 10.7. The second kappa shape index (κ2) is 11.1. The summed E-state index contributed by atoms with van der Waals surface area (Å²) in [6.07, 6.45) is 0.889. The highest BCUT2D eigenvalue weighted by Gasteiger charge is 2.26. The van der Waals surface area contributed by atoms with Crippen LogP contribution < -0.4 is 5.32 Å². The highest BCUT2D eigenvalue weighted by molar-refractivity contribution is 7.71. The van der Waals surface area contributed by atoms with E-state index in [0.717, 1.165) is 38.2 Å². The Morgan fingerprint density at radius 2 is 1.94 bits per heavy atom. The van der Waals surface area contributed by atoms with E-state index in [9.17, 15) is 4.79 Å². The van der Waals surface area contributed by atoms with Crippen molar-refractivity contribution in [1.82, 2.24) is 29.9 Å². The van der Waals surface area contributed by atoms with Crippen molar-refractivity contribution in [2.75, 3.05) is 39.8 Å². The Morgan fingerprint density at radius 3 is 2.70 bits per heavy atom. The topological polar surface area (TPSA) is 69.2 Å². The number of benzene rings is 2. The minimum atomic E-state index is -0.0827. The maximum absolute atomic E-state index is 12.6. The molecule has 1 saturated heterocycles. The standard InChI is InChI=1S/C24H29ClN6OS/c1-29-14-15-30(21(16-29)18-6-3-2-4-7-18)13-5-12-26-22(32)17-31-23(27-28-24(31)33)19-8-10-20(25)11-9-19/h2-4,6-11,21H,5,12-17H2,1H3,(H,26,32)(H,28,33). The van der Waals surface area contributed by atoms with Crippen LogP contribution in [-0.2, 0) is 11.3 Å². The van der Waals surface area contributed by atoms with Crippen molar-refractivity contribution in [2.45, 2.75) is 19.0 Å². The number of nitrogens with one attached hydrogen (secondary N) is 2. The fourth-order valence-electron chi connectivity index (χ4n) is 4.21. The third-order valence-electron chi connectivity index (χ3n) is 5.99. The molecule has 1 aliphatic heterocycles. The number of hydrogen-bond acceptors (Lipinski definition) is 5. The zero-order chi connectivity index (χ0) is 23.2. The largest absolute Gasteiger partial charge is 0.355 e. The Kier molecular flexibility index (Phi) is 7.93. The summed E-state index contributed by atoms with van der Waals surface area (Å²) in [5.41, 5.74) is 2.19. The highest BCUT2D eigenvalue weighted by atomic mass is 35.5. The molecule has 9 heteroatoms. The molecule has 1 aromatic heterocycles. The molecule has 0 aliphatic carbocycles. The molecule has 0 spiro atoms. The van der Waals surface area contributed by atoms with Gasteiger partial charge in [-0.05, 0) is 55.5 Å². The van der Waals surface area contributed by atoms with Gasteiger partial charge >= 0.3 is 0 Å². The van der Waals surface area contributed by atoms with Crippen LogP contribution in [0.15, 0.2) is 54.6 Å². The van der Waals surface area contributed by atoms with E-state index in [1.807, 2.05) is 12.1 Å². The zero-order valence-corrected chi connectivity index (χ0v) is 20.3. The summed E-state index contributed by atoms with van der Waals surface area (Å²) in [7, 11) is 2.17. The molecule has 1 fully saturated rings. The summed E-state index contributed by atoms with van der Waals surface area (Å²) < 4.78 is 2.12. The van der Waals surface area contributed by atoms with Gasteiger partial charge in [-0.25, -0.2) is 0 Å². The Morgan fingerprint density at radius 1 is 1.18 bits per heavy atom. The van der Waals surface area contributed by atoms with Gasteiger partial charge in [0.1, 0.15) is 6.54 Å². The number of hydrogen-bond donors (Lipinski definition) is 2. The fourth-order valence-corrected chi connectivity index (χ4v) is 4.53. The van der Waals surface area contributed by atoms with Gasteiger partial charge in [-0.15, -0.1) is 0 Å². The normalized spacial score (nSPS) is 17.2. The first-order chi connectivity index (χ1) is 16.0. The molecule has 0 radical (unpaired) electrons. The number of nitrogens with zero attached hydrogens (tertiary/aromatic N) is 4. The fraction of sp³-hybridized carbons (Fsp3) is 0.375. The van der Waals surface area contributed by atoms with E-state index in [4.69, 9.17) is 23.8 Å². The first-order valence-corrected chi connectivity index (χ1v) is 12.0. The van der Waals surface area contributed by atoms with E-state index >= 15 is 0 Å². The molecule has 7 nitrogen and oxygen atoms in total. The summed E-state index contributed by atoms with van der Waals surface area (Å²) >= 11 is 11.3. The van der Waals surface area contributed by atoms with Gasteiger partial charge in [0, 0.05) is 49.4 Å². The summed E-state index contributed by atoms with van der Waals surface area (Å²) in [6.45, 7) is 4.78. The molecule has 1 aliphatic rings. The smallest absolute Gasteiger partial charge is 0.240 e. The number of piperazine rings is 1. The van der Waals surface area contributed by atoms with E-state index < -0.39 is 0 Å².